The Hall–Kier alpha value is -1.86. The van der Waals surface area contributed by atoms with Crippen LogP contribution in [-0.4, -0.2) is 30.6 Å². The van der Waals surface area contributed by atoms with E-state index in [2.05, 4.69) is 6.07 Å². The quantitative estimate of drug-likeness (QED) is 0.832. The van der Waals surface area contributed by atoms with Gasteiger partial charge in [0.15, 0.2) is 0 Å². The van der Waals surface area contributed by atoms with Gasteiger partial charge in [0.05, 0.1) is 23.7 Å². The summed E-state index contributed by atoms with van der Waals surface area (Å²) < 4.78 is 5.43. The molecule has 2 unspecified atom stereocenters. The standard InChI is InChI=1S/C15H18N2O2/c1-11-14(6-7-19-11)15(18)17(2)10-13-5-3-4-12(8-13)9-16/h3-5,8,11,14H,6-7,10H2,1-2H3. The molecule has 2 atom stereocenters. The van der Waals surface area contributed by atoms with E-state index in [-0.39, 0.29) is 17.9 Å². The first kappa shape index (κ1) is 13.6. The zero-order valence-corrected chi connectivity index (χ0v) is 11.3. The fraction of sp³-hybridized carbons (Fsp3) is 0.467. The molecule has 1 aliphatic rings. The smallest absolute Gasteiger partial charge is 0.228 e. The number of carbonyl (C=O) groups is 1. The lowest BCUT2D eigenvalue weighted by Crippen LogP contribution is -2.35. The minimum Gasteiger partial charge on any atom is -0.378 e. The van der Waals surface area contributed by atoms with Crippen LogP contribution in [0.4, 0.5) is 0 Å². The van der Waals surface area contributed by atoms with Gasteiger partial charge in [-0.1, -0.05) is 12.1 Å². The molecule has 100 valence electrons. The molecule has 0 aliphatic carbocycles. The van der Waals surface area contributed by atoms with Crippen molar-refractivity contribution in [2.24, 2.45) is 5.92 Å². The number of hydrogen-bond donors (Lipinski definition) is 0. The maximum absolute atomic E-state index is 12.3. The Kier molecular flexibility index (Phi) is 4.18. The zero-order valence-electron chi connectivity index (χ0n) is 11.3. The molecule has 0 saturated carbocycles. The summed E-state index contributed by atoms with van der Waals surface area (Å²) in [6.07, 6.45) is 0.795. The van der Waals surface area contributed by atoms with E-state index in [1.54, 1.807) is 18.0 Å². The average Bonchev–Trinajstić information content (AvgIpc) is 2.84. The molecule has 1 amide bonds. The minimum absolute atomic E-state index is 0.000364. The van der Waals surface area contributed by atoms with Gasteiger partial charge in [-0.15, -0.1) is 0 Å². The van der Waals surface area contributed by atoms with Gasteiger partial charge in [0.2, 0.25) is 5.91 Å². The number of hydrogen-bond acceptors (Lipinski definition) is 3. The number of carbonyl (C=O) groups excluding carboxylic acids is 1. The van der Waals surface area contributed by atoms with Gasteiger partial charge in [-0.25, -0.2) is 0 Å². The van der Waals surface area contributed by atoms with Crippen molar-refractivity contribution >= 4 is 5.91 Å². The van der Waals surface area contributed by atoms with E-state index in [1.807, 2.05) is 25.1 Å². The Morgan fingerprint density at radius 1 is 1.58 bits per heavy atom. The highest BCUT2D eigenvalue weighted by Crippen LogP contribution is 2.23. The number of amides is 1. The predicted molar refractivity (Wildman–Crippen MR) is 71.2 cm³/mol. The summed E-state index contributed by atoms with van der Waals surface area (Å²) in [6.45, 7) is 3.13. The van der Waals surface area contributed by atoms with Gasteiger partial charge in [0.25, 0.3) is 0 Å². The van der Waals surface area contributed by atoms with Crippen LogP contribution in [-0.2, 0) is 16.1 Å². The van der Waals surface area contributed by atoms with E-state index in [0.29, 0.717) is 18.7 Å². The number of benzene rings is 1. The molecular formula is C15H18N2O2. The van der Waals surface area contributed by atoms with Crippen LogP contribution < -0.4 is 0 Å². The number of nitrogens with zero attached hydrogens (tertiary/aromatic N) is 2. The highest BCUT2D eigenvalue weighted by atomic mass is 16.5. The van der Waals surface area contributed by atoms with Crippen LogP contribution in [0.15, 0.2) is 24.3 Å². The molecule has 4 heteroatoms. The molecule has 0 bridgehead atoms. The van der Waals surface area contributed by atoms with Gasteiger partial charge in [0.1, 0.15) is 0 Å². The van der Waals surface area contributed by atoms with E-state index in [0.717, 1.165) is 12.0 Å². The maximum atomic E-state index is 12.3. The van der Waals surface area contributed by atoms with Crippen molar-refractivity contribution < 1.29 is 9.53 Å². The van der Waals surface area contributed by atoms with E-state index in [9.17, 15) is 4.79 Å². The third kappa shape index (κ3) is 3.12. The zero-order chi connectivity index (χ0) is 13.8. The Morgan fingerprint density at radius 3 is 3.00 bits per heavy atom. The lowest BCUT2D eigenvalue weighted by molar-refractivity contribution is -0.136. The molecule has 1 aliphatic heterocycles. The molecule has 0 radical (unpaired) electrons. The van der Waals surface area contributed by atoms with Crippen molar-refractivity contribution in [3.63, 3.8) is 0 Å². The molecule has 1 fully saturated rings. The summed E-state index contributed by atoms with van der Waals surface area (Å²) in [5.41, 5.74) is 1.59. The Morgan fingerprint density at radius 2 is 2.37 bits per heavy atom. The second-order valence-corrected chi connectivity index (χ2v) is 4.98. The van der Waals surface area contributed by atoms with Crippen molar-refractivity contribution in [3.05, 3.63) is 35.4 Å². The Labute approximate surface area is 113 Å². The molecular weight excluding hydrogens is 240 g/mol. The van der Waals surface area contributed by atoms with Crippen LogP contribution >= 0.6 is 0 Å². The first-order chi connectivity index (χ1) is 9.11. The van der Waals surface area contributed by atoms with Gasteiger partial charge in [-0.2, -0.15) is 5.26 Å². The summed E-state index contributed by atoms with van der Waals surface area (Å²) in [6, 6.07) is 9.46. The van der Waals surface area contributed by atoms with Crippen molar-refractivity contribution in [1.82, 2.24) is 4.90 Å². The fourth-order valence-electron chi connectivity index (χ4n) is 2.43. The summed E-state index contributed by atoms with van der Waals surface area (Å²) in [7, 11) is 1.80. The molecule has 1 aromatic rings. The minimum atomic E-state index is -0.0378. The number of rotatable bonds is 3. The van der Waals surface area contributed by atoms with Gasteiger partial charge in [-0.3, -0.25) is 4.79 Å². The summed E-state index contributed by atoms with van der Waals surface area (Å²) >= 11 is 0. The van der Waals surface area contributed by atoms with Crippen LogP contribution in [0, 0.1) is 17.2 Å². The average molecular weight is 258 g/mol. The largest absolute Gasteiger partial charge is 0.378 e. The molecule has 1 aromatic carbocycles. The normalized spacial score (nSPS) is 21.9. The second-order valence-electron chi connectivity index (χ2n) is 4.98. The van der Waals surface area contributed by atoms with Crippen molar-refractivity contribution in [1.29, 1.82) is 5.26 Å². The van der Waals surface area contributed by atoms with Crippen molar-refractivity contribution in [2.45, 2.75) is 26.0 Å². The van der Waals surface area contributed by atoms with E-state index in [1.165, 1.54) is 0 Å². The molecule has 1 saturated heterocycles. The molecule has 2 rings (SSSR count). The van der Waals surface area contributed by atoms with Crippen LogP contribution in [0.1, 0.15) is 24.5 Å². The lowest BCUT2D eigenvalue weighted by atomic mass is 10.0. The first-order valence-electron chi connectivity index (χ1n) is 6.47. The second kappa shape index (κ2) is 5.85. The van der Waals surface area contributed by atoms with Crippen LogP contribution in [0.3, 0.4) is 0 Å². The first-order valence-corrected chi connectivity index (χ1v) is 6.47. The summed E-state index contributed by atoms with van der Waals surface area (Å²) in [4.78, 5) is 14.0. The SMILES string of the molecule is CC1OCCC1C(=O)N(C)Cc1cccc(C#N)c1. The van der Waals surface area contributed by atoms with Gasteiger partial charge >= 0.3 is 0 Å². The molecule has 19 heavy (non-hydrogen) atoms. The van der Waals surface area contributed by atoms with Crippen LogP contribution in [0.5, 0.6) is 0 Å². The molecule has 0 spiro atoms. The van der Waals surface area contributed by atoms with Crippen LogP contribution in [0.2, 0.25) is 0 Å². The highest BCUT2D eigenvalue weighted by molar-refractivity contribution is 5.79. The van der Waals surface area contributed by atoms with E-state index < -0.39 is 0 Å². The third-order valence-electron chi connectivity index (χ3n) is 3.55. The predicted octanol–water partition coefficient (Wildman–Crippen LogP) is 1.94. The molecule has 4 nitrogen and oxygen atoms in total. The van der Waals surface area contributed by atoms with E-state index in [4.69, 9.17) is 10.00 Å². The lowest BCUT2D eigenvalue weighted by Gasteiger charge is -2.22. The van der Waals surface area contributed by atoms with Crippen molar-refractivity contribution in [2.75, 3.05) is 13.7 Å². The topological polar surface area (TPSA) is 53.3 Å². The third-order valence-corrected chi connectivity index (χ3v) is 3.55. The van der Waals surface area contributed by atoms with Gasteiger partial charge in [0, 0.05) is 20.2 Å². The Bertz CT molecular complexity index is 507. The number of ether oxygens (including phenoxy) is 1. The van der Waals surface area contributed by atoms with Gasteiger partial charge < -0.3 is 9.64 Å². The maximum Gasteiger partial charge on any atom is 0.228 e. The molecule has 0 aromatic heterocycles. The molecule has 0 N–H and O–H groups in total. The highest BCUT2D eigenvalue weighted by Gasteiger charge is 2.32. The van der Waals surface area contributed by atoms with Gasteiger partial charge in [-0.05, 0) is 31.0 Å². The summed E-state index contributed by atoms with van der Waals surface area (Å²) in [5.74, 6) is 0.0801. The number of nitriles is 1. The van der Waals surface area contributed by atoms with E-state index >= 15 is 0 Å². The molecule has 1 heterocycles. The van der Waals surface area contributed by atoms with Crippen LogP contribution in [0.25, 0.3) is 0 Å². The van der Waals surface area contributed by atoms with Crippen molar-refractivity contribution in [3.8, 4) is 6.07 Å². The fourth-order valence-corrected chi connectivity index (χ4v) is 2.43. The summed E-state index contributed by atoms with van der Waals surface area (Å²) in [5, 5.41) is 8.87. The monoisotopic (exact) mass is 258 g/mol. The Balaban J connectivity index is 2.02.